The Hall–Kier alpha value is -0.790. The molecule has 0 aromatic rings. The van der Waals surface area contributed by atoms with E-state index in [0.29, 0.717) is 6.42 Å². The lowest BCUT2D eigenvalue weighted by molar-refractivity contribution is -0.118. The number of primary amides is 1. The number of rotatable bonds is 11. The molecule has 0 atom stereocenters. The van der Waals surface area contributed by atoms with E-state index in [2.05, 4.69) is 19.1 Å². The predicted molar refractivity (Wildman–Crippen MR) is 70.2 cm³/mol. The highest BCUT2D eigenvalue weighted by Crippen LogP contribution is 2.06. The normalized spacial score (nSPS) is 11.1. The second-order valence-electron chi connectivity index (χ2n) is 4.39. The van der Waals surface area contributed by atoms with Crippen LogP contribution >= 0.6 is 0 Å². The van der Waals surface area contributed by atoms with E-state index in [4.69, 9.17) is 5.73 Å². The molecule has 0 saturated heterocycles. The number of hydrogen-bond acceptors (Lipinski definition) is 1. The van der Waals surface area contributed by atoms with E-state index in [9.17, 15) is 4.79 Å². The molecule has 2 heteroatoms. The molecule has 0 spiro atoms. The maximum atomic E-state index is 10.5. The summed E-state index contributed by atoms with van der Waals surface area (Å²) >= 11 is 0. The molecule has 0 aromatic heterocycles. The summed E-state index contributed by atoms with van der Waals surface area (Å²) in [6.07, 6.45) is 16.1. The number of hydrogen-bond donors (Lipinski definition) is 1. The standard InChI is InChI=1S/C14H27NO/c1-2-3-4-5-6-7-8-9-10-11-12-13-14(15)16/h7-8H,2-6,9-13H2,1H3,(H2,15,16)/b8-7+. The minimum atomic E-state index is -0.175. The van der Waals surface area contributed by atoms with Gasteiger partial charge in [-0.25, -0.2) is 0 Å². The Morgan fingerprint density at radius 1 is 0.938 bits per heavy atom. The molecule has 1 amide bonds. The molecule has 2 nitrogen and oxygen atoms in total. The molecule has 2 N–H and O–H groups in total. The molecule has 0 fully saturated rings. The number of amides is 1. The second kappa shape index (κ2) is 12.3. The van der Waals surface area contributed by atoms with Gasteiger partial charge in [0.25, 0.3) is 0 Å². The molecular formula is C14H27NO. The highest BCUT2D eigenvalue weighted by molar-refractivity contribution is 5.73. The Morgan fingerprint density at radius 2 is 1.50 bits per heavy atom. The zero-order chi connectivity index (χ0) is 12.1. The lowest BCUT2D eigenvalue weighted by atomic mass is 10.1. The van der Waals surface area contributed by atoms with E-state index in [0.717, 1.165) is 19.3 Å². The number of allylic oxidation sites excluding steroid dienone is 2. The molecule has 0 bridgehead atoms. The van der Waals surface area contributed by atoms with Crippen LogP contribution in [0.15, 0.2) is 12.2 Å². The van der Waals surface area contributed by atoms with Gasteiger partial charge in [-0.2, -0.15) is 0 Å². The molecule has 0 aliphatic rings. The van der Waals surface area contributed by atoms with Crippen molar-refractivity contribution in [1.29, 1.82) is 0 Å². The largest absolute Gasteiger partial charge is 0.370 e. The van der Waals surface area contributed by atoms with Crippen LogP contribution in [0, 0.1) is 0 Å². The number of unbranched alkanes of at least 4 members (excludes halogenated alkanes) is 7. The van der Waals surface area contributed by atoms with Gasteiger partial charge in [0.15, 0.2) is 0 Å². The van der Waals surface area contributed by atoms with Gasteiger partial charge in [-0.15, -0.1) is 0 Å². The van der Waals surface area contributed by atoms with Crippen molar-refractivity contribution >= 4 is 5.91 Å². The van der Waals surface area contributed by atoms with Crippen molar-refractivity contribution in [2.45, 2.75) is 71.1 Å². The first-order valence-electron chi connectivity index (χ1n) is 6.70. The Morgan fingerprint density at radius 3 is 2.00 bits per heavy atom. The van der Waals surface area contributed by atoms with Gasteiger partial charge in [0.05, 0.1) is 0 Å². The second-order valence-corrected chi connectivity index (χ2v) is 4.39. The van der Waals surface area contributed by atoms with Crippen LogP contribution in [0.3, 0.4) is 0 Å². The van der Waals surface area contributed by atoms with Crippen LogP contribution in [0.1, 0.15) is 71.1 Å². The molecule has 0 aromatic carbocycles. The molecule has 0 unspecified atom stereocenters. The van der Waals surface area contributed by atoms with Crippen LogP contribution in [-0.2, 0) is 4.79 Å². The van der Waals surface area contributed by atoms with Gasteiger partial charge in [0.2, 0.25) is 5.91 Å². The highest BCUT2D eigenvalue weighted by atomic mass is 16.1. The van der Waals surface area contributed by atoms with Crippen LogP contribution in [-0.4, -0.2) is 5.91 Å². The molecule has 94 valence electrons. The summed E-state index contributed by atoms with van der Waals surface area (Å²) in [6, 6.07) is 0. The zero-order valence-corrected chi connectivity index (χ0v) is 10.7. The fourth-order valence-electron chi connectivity index (χ4n) is 1.66. The van der Waals surface area contributed by atoms with Crippen molar-refractivity contribution in [2.75, 3.05) is 0 Å². The zero-order valence-electron chi connectivity index (χ0n) is 10.7. The third-order valence-corrected chi connectivity index (χ3v) is 2.68. The van der Waals surface area contributed by atoms with Crippen LogP contribution in [0.4, 0.5) is 0 Å². The Kier molecular flexibility index (Phi) is 11.7. The predicted octanol–water partition coefficient (Wildman–Crippen LogP) is 3.95. The van der Waals surface area contributed by atoms with Crippen molar-refractivity contribution in [1.82, 2.24) is 0 Å². The van der Waals surface area contributed by atoms with Gasteiger partial charge in [0, 0.05) is 6.42 Å². The molecule has 0 aliphatic heterocycles. The lowest BCUT2D eigenvalue weighted by Crippen LogP contribution is -2.09. The summed E-state index contributed by atoms with van der Waals surface area (Å²) in [4.78, 5) is 10.5. The first kappa shape index (κ1) is 15.2. The van der Waals surface area contributed by atoms with E-state index < -0.39 is 0 Å². The van der Waals surface area contributed by atoms with E-state index in [-0.39, 0.29) is 5.91 Å². The minimum Gasteiger partial charge on any atom is -0.370 e. The van der Waals surface area contributed by atoms with E-state index in [1.807, 2.05) is 0 Å². The van der Waals surface area contributed by atoms with E-state index >= 15 is 0 Å². The molecule has 0 heterocycles. The van der Waals surface area contributed by atoms with Gasteiger partial charge in [-0.05, 0) is 32.1 Å². The van der Waals surface area contributed by atoms with Crippen LogP contribution in [0.2, 0.25) is 0 Å². The Bertz CT molecular complexity index is 187. The average Bonchev–Trinajstić information content (AvgIpc) is 2.25. The monoisotopic (exact) mass is 225 g/mol. The Balaban J connectivity index is 3.06. The van der Waals surface area contributed by atoms with Crippen molar-refractivity contribution in [3.63, 3.8) is 0 Å². The topological polar surface area (TPSA) is 43.1 Å². The molecular weight excluding hydrogens is 198 g/mol. The fraction of sp³-hybridized carbons (Fsp3) is 0.786. The maximum absolute atomic E-state index is 10.5. The van der Waals surface area contributed by atoms with Gasteiger partial charge < -0.3 is 5.73 Å². The number of nitrogens with two attached hydrogens (primary N) is 1. The molecule has 0 radical (unpaired) electrons. The van der Waals surface area contributed by atoms with Crippen molar-refractivity contribution in [3.05, 3.63) is 12.2 Å². The smallest absolute Gasteiger partial charge is 0.217 e. The Labute approximate surface area is 100 Å². The van der Waals surface area contributed by atoms with Crippen LogP contribution < -0.4 is 5.73 Å². The minimum absolute atomic E-state index is 0.175. The van der Waals surface area contributed by atoms with Crippen molar-refractivity contribution < 1.29 is 4.79 Å². The third-order valence-electron chi connectivity index (χ3n) is 2.68. The summed E-state index contributed by atoms with van der Waals surface area (Å²) in [5, 5.41) is 0. The number of carbonyl (C=O) groups is 1. The summed E-state index contributed by atoms with van der Waals surface area (Å²) in [5.74, 6) is -0.175. The van der Waals surface area contributed by atoms with Gasteiger partial charge in [0.1, 0.15) is 0 Å². The quantitative estimate of drug-likeness (QED) is 0.420. The molecule has 16 heavy (non-hydrogen) atoms. The third kappa shape index (κ3) is 13.2. The highest BCUT2D eigenvalue weighted by Gasteiger charge is 1.93. The lowest BCUT2D eigenvalue weighted by Gasteiger charge is -1.96. The maximum Gasteiger partial charge on any atom is 0.217 e. The van der Waals surface area contributed by atoms with Crippen molar-refractivity contribution in [3.8, 4) is 0 Å². The van der Waals surface area contributed by atoms with Crippen LogP contribution in [0.5, 0.6) is 0 Å². The summed E-state index contributed by atoms with van der Waals surface area (Å²) in [7, 11) is 0. The van der Waals surface area contributed by atoms with Gasteiger partial charge in [-0.1, -0.05) is 44.8 Å². The average molecular weight is 225 g/mol. The fourth-order valence-corrected chi connectivity index (χ4v) is 1.66. The van der Waals surface area contributed by atoms with E-state index in [1.165, 1.54) is 38.5 Å². The number of carbonyl (C=O) groups excluding carboxylic acids is 1. The van der Waals surface area contributed by atoms with E-state index in [1.54, 1.807) is 0 Å². The summed E-state index contributed by atoms with van der Waals surface area (Å²) in [5.41, 5.74) is 5.06. The SMILES string of the molecule is CCCCCC/C=C/CCCCCC(N)=O. The molecule has 0 saturated carbocycles. The van der Waals surface area contributed by atoms with Gasteiger partial charge in [-0.3, -0.25) is 4.79 Å². The first-order chi connectivity index (χ1) is 7.77. The first-order valence-corrected chi connectivity index (χ1v) is 6.70. The van der Waals surface area contributed by atoms with Crippen molar-refractivity contribution in [2.24, 2.45) is 5.73 Å². The summed E-state index contributed by atoms with van der Waals surface area (Å²) in [6.45, 7) is 2.24. The molecule has 0 aliphatic carbocycles. The molecule has 0 rings (SSSR count). The van der Waals surface area contributed by atoms with Crippen LogP contribution in [0.25, 0.3) is 0 Å². The van der Waals surface area contributed by atoms with Gasteiger partial charge >= 0.3 is 0 Å². The summed E-state index contributed by atoms with van der Waals surface area (Å²) < 4.78 is 0.